The van der Waals surface area contributed by atoms with Gasteiger partial charge in [0.05, 0.1) is 10.2 Å². The number of rotatable bonds is 7. The second-order valence-corrected chi connectivity index (χ2v) is 7.87. The van der Waals surface area contributed by atoms with Crippen molar-refractivity contribution in [1.82, 2.24) is 9.55 Å². The summed E-state index contributed by atoms with van der Waals surface area (Å²) in [7, 11) is 0. The topological polar surface area (TPSA) is 143 Å². The Morgan fingerprint density at radius 1 is 1.50 bits per heavy atom. The Morgan fingerprint density at radius 2 is 2.23 bits per heavy atom. The van der Waals surface area contributed by atoms with Gasteiger partial charge in [-0.2, -0.15) is 16.7 Å². The Kier molecular flexibility index (Phi) is 8.09. The third-order valence-corrected chi connectivity index (χ3v) is 5.24. The molecule has 10 nitrogen and oxygen atoms in total. The minimum atomic E-state index is -1.40. The molecule has 1 unspecified atom stereocenters. The van der Waals surface area contributed by atoms with Crippen molar-refractivity contribution in [3.05, 3.63) is 20.3 Å². The van der Waals surface area contributed by atoms with Crippen LogP contribution < -0.4 is 11.0 Å². The van der Waals surface area contributed by atoms with Crippen molar-refractivity contribution >= 4 is 46.3 Å². The lowest BCUT2D eigenvalue weighted by Crippen LogP contribution is -2.36. The molecule has 1 aliphatic heterocycles. The molecule has 1 aromatic heterocycles. The van der Waals surface area contributed by atoms with Crippen LogP contribution in [0.25, 0.3) is 0 Å². The Balaban J connectivity index is 2.09. The minimum absolute atomic E-state index is 0.0201. The number of nitrogens with one attached hydrogen (secondary N) is 1. The number of carbonyl (C=O) groups is 1. The fourth-order valence-corrected chi connectivity index (χ4v) is 3.34. The van der Waals surface area contributed by atoms with E-state index in [1.54, 1.807) is 11.8 Å². The molecule has 0 radical (unpaired) electrons. The molecular formula is C14H20IN3O7S. The largest absolute Gasteiger partial charge is 0.448 e. The fourth-order valence-electron chi connectivity index (χ4n) is 2.30. The Bertz CT molecular complexity index is 689. The van der Waals surface area contributed by atoms with Gasteiger partial charge in [-0.05, 0) is 28.3 Å². The molecule has 4 atom stereocenters. The van der Waals surface area contributed by atoms with E-state index in [4.69, 9.17) is 14.6 Å². The van der Waals surface area contributed by atoms with Crippen molar-refractivity contribution in [2.45, 2.75) is 31.5 Å². The molecule has 26 heavy (non-hydrogen) atoms. The van der Waals surface area contributed by atoms with E-state index in [1.165, 1.54) is 6.20 Å². The monoisotopic (exact) mass is 501 g/mol. The van der Waals surface area contributed by atoms with E-state index >= 15 is 0 Å². The maximum Gasteiger partial charge on any atom is 0.412 e. The number of aliphatic hydroxyl groups excluding tert-OH is 3. The number of hydrogen-bond donors (Lipinski definition) is 4. The van der Waals surface area contributed by atoms with Crippen molar-refractivity contribution in [2.75, 3.05) is 30.0 Å². The summed E-state index contributed by atoms with van der Waals surface area (Å²) in [4.78, 5) is 27.7. The van der Waals surface area contributed by atoms with Crippen LogP contribution in [0.15, 0.2) is 11.0 Å². The van der Waals surface area contributed by atoms with Gasteiger partial charge in [0.2, 0.25) is 0 Å². The van der Waals surface area contributed by atoms with Crippen LogP contribution in [0.2, 0.25) is 0 Å². The van der Waals surface area contributed by atoms with Crippen LogP contribution in [0, 0.1) is 3.57 Å². The third-order valence-electron chi connectivity index (χ3n) is 3.58. The average Bonchev–Trinajstić information content (AvgIpc) is 2.89. The molecule has 0 spiro atoms. The molecule has 1 amide bonds. The van der Waals surface area contributed by atoms with Gasteiger partial charge in [0.25, 0.3) is 0 Å². The Hall–Kier alpha value is -0.930. The number of anilines is 1. The van der Waals surface area contributed by atoms with Crippen LogP contribution in [-0.4, -0.2) is 74.0 Å². The van der Waals surface area contributed by atoms with Gasteiger partial charge in [-0.3, -0.25) is 9.88 Å². The number of aromatic nitrogens is 2. The number of halogens is 1. The molecule has 2 rings (SSSR count). The highest BCUT2D eigenvalue weighted by atomic mass is 127. The van der Waals surface area contributed by atoms with Gasteiger partial charge in [0.1, 0.15) is 24.9 Å². The predicted molar refractivity (Wildman–Crippen MR) is 102 cm³/mol. The number of thioether (sulfide) groups is 1. The zero-order valence-corrected chi connectivity index (χ0v) is 16.8. The van der Waals surface area contributed by atoms with E-state index in [-0.39, 0.29) is 12.4 Å². The van der Waals surface area contributed by atoms with E-state index in [1.807, 2.05) is 29.5 Å². The number of ether oxygens (including phenoxy) is 2. The van der Waals surface area contributed by atoms with Gasteiger partial charge in [0.15, 0.2) is 12.0 Å². The maximum atomic E-state index is 12.2. The molecule has 0 saturated carbocycles. The molecule has 1 saturated heterocycles. The highest BCUT2D eigenvalue weighted by molar-refractivity contribution is 14.1. The van der Waals surface area contributed by atoms with Crippen molar-refractivity contribution in [3.63, 3.8) is 0 Å². The quantitative estimate of drug-likeness (QED) is 0.294. The van der Waals surface area contributed by atoms with Crippen molar-refractivity contribution in [3.8, 4) is 0 Å². The summed E-state index contributed by atoms with van der Waals surface area (Å²) < 4.78 is 11.7. The van der Waals surface area contributed by atoms with Gasteiger partial charge in [0, 0.05) is 11.9 Å². The summed E-state index contributed by atoms with van der Waals surface area (Å²) >= 11 is 3.48. The van der Waals surface area contributed by atoms with Gasteiger partial charge >= 0.3 is 11.8 Å². The van der Waals surface area contributed by atoms with Crippen LogP contribution in [-0.2, 0) is 9.47 Å². The van der Waals surface area contributed by atoms with Crippen molar-refractivity contribution in [1.29, 1.82) is 0 Å². The number of hydrogen-bond acceptors (Lipinski definition) is 9. The number of amides is 1. The molecule has 1 aliphatic rings. The summed E-state index contributed by atoms with van der Waals surface area (Å²) in [5.74, 6) is 1.61. The Labute approximate surface area is 167 Å². The first kappa shape index (κ1) is 21.4. The van der Waals surface area contributed by atoms with Crippen LogP contribution in [0.4, 0.5) is 10.6 Å². The van der Waals surface area contributed by atoms with E-state index in [0.717, 1.165) is 10.3 Å². The van der Waals surface area contributed by atoms with Crippen LogP contribution in [0.1, 0.15) is 13.2 Å². The zero-order valence-electron chi connectivity index (χ0n) is 13.9. The lowest BCUT2D eigenvalue weighted by atomic mass is 10.1. The Morgan fingerprint density at radius 3 is 2.85 bits per heavy atom. The van der Waals surface area contributed by atoms with Crippen LogP contribution in [0.5, 0.6) is 0 Å². The fraction of sp³-hybridized carbons (Fsp3) is 0.643. The summed E-state index contributed by atoms with van der Waals surface area (Å²) in [6, 6.07) is 0. The smallest absolute Gasteiger partial charge is 0.412 e. The summed E-state index contributed by atoms with van der Waals surface area (Å²) in [5.41, 5.74) is -0.794. The predicted octanol–water partition coefficient (Wildman–Crippen LogP) is -0.239. The van der Waals surface area contributed by atoms with E-state index in [2.05, 4.69) is 10.3 Å². The second kappa shape index (κ2) is 9.85. The minimum Gasteiger partial charge on any atom is -0.448 e. The van der Waals surface area contributed by atoms with Crippen LogP contribution >= 0.6 is 34.4 Å². The van der Waals surface area contributed by atoms with Crippen molar-refractivity contribution < 1.29 is 29.6 Å². The number of aliphatic hydroxyl groups is 3. The summed E-state index contributed by atoms with van der Waals surface area (Å²) in [5, 5.41) is 31.3. The van der Waals surface area contributed by atoms with Gasteiger partial charge < -0.3 is 24.8 Å². The second-order valence-electron chi connectivity index (χ2n) is 5.31. The van der Waals surface area contributed by atoms with E-state index in [0.29, 0.717) is 9.32 Å². The molecule has 12 heteroatoms. The van der Waals surface area contributed by atoms with E-state index < -0.39 is 42.9 Å². The SMILES string of the molecule is CCSCCOC(=O)Nc1nc(=O)n(C2O[C@H](CO)[C@@H](O)[C@H]2O)cc1I. The molecule has 4 N–H and O–H groups in total. The van der Waals surface area contributed by atoms with Crippen molar-refractivity contribution in [2.24, 2.45) is 0 Å². The van der Waals surface area contributed by atoms with Gasteiger partial charge in [-0.25, -0.2) is 9.59 Å². The molecule has 2 heterocycles. The third kappa shape index (κ3) is 5.07. The molecule has 1 aromatic rings. The first-order chi connectivity index (χ1) is 12.4. The van der Waals surface area contributed by atoms with E-state index in [9.17, 15) is 19.8 Å². The maximum absolute atomic E-state index is 12.2. The lowest BCUT2D eigenvalue weighted by Gasteiger charge is -2.18. The average molecular weight is 501 g/mol. The molecule has 0 aliphatic carbocycles. The molecular weight excluding hydrogens is 481 g/mol. The molecule has 0 bridgehead atoms. The normalized spacial score (nSPS) is 25.3. The standard InChI is InChI=1S/C14H20IN3O7S/c1-2-26-4-3-24-14(23)17-11-7(15)5-18(13(22)16-11)12-10(21)9(20)8(6-19)25-12/h5,8-10,12,19-21H,2-4,6H2,1H3,(H,16,17,22,23)/t8-,9-,10-,12?/m1/s1. The first-order valence-corrected chi connectivity index (χ1v) is 10.0. The van der Waals surface area contributed by atoms with Crippen LogP contribution in [0.3, 0.4) is 0 Å². The summed E-state index contributed by atoms with van der Waals surface area (Å²) in [6.45, 7) is 1.73. The highest BCUT2D eigenvalue weighted by Gasteiger charge is 2.43. The van der Waals surface area contributed by atoms with Gasteiger partial charge in [-0.1, -0.05) is 6.92 Å². The molecule has 0 aromatic carbocycles. The molecule has 146 valence electrons. The highest BCUT2D eigenvalue weighted by Crippen LogP contribution is 2.28. The zero-order chi connectivity index (χ0) is 19.3. The molecule has 1 fully saturated rings. The first-order valence-electron chi connectivity index (χ1n) is 7.81. The number of carbonyl (C=O) groups excluding carboxylic acids is 1. The summed E-state index contributed by atoms with van der Waals surface area (Å²) in [6.07, 6.45) is -4.32. The lowest BCUT2D eigenvalue weighted by molar-refractivity contribution is -0.0550. The van der Waals surface area contributed by atoms with Gasteiger partial charge in [-0.15, -0.1) is 0 Å². The number of nitrogens with zero attached hydrogens (tertiary/aromatic N) is 2.